The van der Waals surface area contributed by atoms with Gasteiger partial charge in [0.1, 0.15) is 0 Å². The minimum Gasteiger partial charge on any atom is -0.466 e. The van der Waals surface area contributed by atoms with Crippen molar-refractivity contribution in [2.24, 2.45) is 0 Å². The molecule has 0 spiro atoms. The van der Waals surface area contributed by atoms with Crippen LogP contribution in [0.4, 0.5) is 0 Å². The fourth-order valence-corrected chi connectivity index (χ4v) is 6.86. The zero-order chi connectivity index (χ0) is 28.8. The molecule has 3 aromatic carbocycles. The maximum atomic E-state index is 12.5. The van der Waals surface area contributed by atoms with Crippen LogP contribution < -0.4 is 0 Å². The van der Waals surface area contributed by atoms with E-state index in [2.05, 4.69) is 136 Å². The van der Waals surface area contributed by atoms with E-state index in [1.165, 1.54) is 16.7 Å². The Hall–Kier alpha value is -2.99. The lowest BCUT2D eigenvalue weighted by Crippen LogP contribution is -2.55. The number of piperidine rings is 1. The van der Waals surface area contributed by atoms with Crippen molar-refractivity contribution in [3.05, 3.63) is 119 Å². The molecule has 212 valence electrons. The van der Waals surface area contributed by atoms with E-state index >= 15 is 0 Å². The molecule has 0 amide bonds. The van der Waals surface area contributed by atoms with Gasteiger partial charge in [0.25, 0.3) is 0 Å². The van der Waals surface area contributed by atoms with Crippen molar-refractivity contribution in [3.8, 4) is 0 Å². The van der Waals surface area contributed by atoms with Gasteiger partial charge in [-0.15, -0.1) is 0 Å². The van der Waals surface area contributed by atoms with Crippen molar-refractivity contribution in [2.45, 2.75) is 70.3 Å². The number of hydrogen-bond acceptors (Lipinski definition) is 4. The Kier molecular flexibility index (Phi) is 9.50. The van der Waals surface area contributed by atoms with Crippen LogP contribution >= 0.6 is 0 Å². The molecule has 40 heavy (non-hydrogen) atoms. The molecule has 1 aliphatic rings. The fraction of sp³-hybridized carbons (Fsp3) is 0.400. The van der Waals surface area contributed by atoms with Crippen LogP contribution in [0.15, 0.2) is 103 Å². The molecule has 1 saturated heterocycles. The summed E-state index contributed by atoms with van der Waals surface area (Å²) in [5.74, 6) is -0.196. The van der Waals surface area contributed by atoms with E-state index in [0.717, 1.165) is 18.5 Å². The monoisotopic (exact) mass is 555 g/mol. The van der Waals surface area contributed by atoms with Gasteiger partial charge in [-0.1, -0.05) is 118 Å². The summed E-state index contributed by atoms with van der Waals surface area (Å²) in [6.07, 6.45) is 3.17. The number of carbonyl (C=O) groups excluding carboxylic acids is 1. The predicted octanol–water partition coefficient (Wildman–Crippen LogP) is 7.95. The van der Waals surface area contributed by atoms with Gasteiger partial charge in [0.2, 0.25) is 0 Å². The summed E-state index contributed by atoms with van der Waals surface area (Å²) < 4.78 is 12.3. The number of nitrogens with zero attached hydrogens (tertiary/aromatic N) is 1. The van der Waals surface area contributed by atoms with Gasteiger partial charge in [-0.2, -0.15) is 0 Å². The highest BCUT2D eigenvalue weighted by Crippen LogP contribution is 2.45. The van der Waals surface area contributed by atoms with Crippen molar-refractivity contribution in [1.82, 2.24) is 4.90 Å². The second-order valence-electron chi connectivity index (χ2n) is 12.2. The average Bonchev–Trinajstić information content (AvgIpc) is 2.94. The minimum atomic E-state index is -2.04. The molecule has 1 heterocycles. The maximum absolute atomic E-state index is 12.5. The number of benzene rings is 3. The molecule has 5 heteroatoms. The average molecular weight is 556 g/mol. The summed E-state index contributed by atoms with van der Waals surface area (Å²) in [6.45, 7) is 15.2. The Bertz CT molecular complexity index is 1170. The Morgan fingerprint density at radius 3 is 1.77 bits per heavy atom. The largest absolute Gasteiger partial charge is 0.466 e. The molecule has 1 unspecified atom stereocenters. The van der Waals surface area contributed by atoms with E-state index < -0.39 is 13.9 Å². The van der Waals surface area contributed by atoms with Gasteiger partial charge in [0, 0.05) is 13.1 Å². The SMILES string of the molecule is CCOC(=O)CC=C1CN(C(c2ccccc2)(c2ccccc2)c2ccccc2)CCC1O[Si](C)(C)C(C)(C)C. The first-order valence-electron chi connectivity index (χ1n) is 14.5. The number of hydrogen-bond donors (Lipinski definition) is 0. The van der Waals surface area contributed by atoms with Gasteiger partial charge in [0.05, 0.1) is 24.7 Å². The lowest BCUT2D eigenvalue weighted by atomic mass is 9.74. The first-order chi connectivity index (χ1) is 19.1. The van der Waals surface area contributed by atoms with Crippen LogP contribution in [0, 0.1) is 0 Å². The summed E-state index contributed by atoms with van der Waals surface area (Å²) in [6, 6.07) is 32.4. The number of carbonyl (C=O) groups is 1. The predicted molar refractivity (Wildman–Crippen MR) is 167 cm³/mol. The Morgan fingerprint density at radius 1 is 0.875 bits per heavy atom. The van der Waals surface area contributed by atoms with Crippen LogP contribution in [0.1, 0.15) is 57.2 Å². The zero-order valence-corrected chi connectivity index (χ0v) is 26.0. The second-order valence-corrected chi connectivity index (χ2v) is 16.9. The molecule has 0 aliphatic carbocycles. The summed E-state index contributed by atoms with van der Waals surface area (Å²) >= 11 is 0. The number of rotatable bonds is 9. The van der Waals surface area contributed by atoms with Crippen LogP contribution in [0.3, 0.4) is 0 Å². The number of ether oxygens (including phenoxy) is 1. The third-order valence-electron chi connectivity index (χ3n) is 8.58. The lowest BCUT2D eigenvalue weighted by Gasteiger charge is -2.50. The molecule has 0 saturated carbocycles. The zero-order valence-electron chi connectivity index (χ0n) is 25.0. The van der Waals surface area contributed by atoms with E-state index in [1.54, 1.807) is 0 Å². The van der Waals surface area contributed by atoms with Crippen LogP contribution in [-0.4, -0.2) is 45.0 Å². The van der Waals surface area contributed by atoms with Crippen LogP contribution in [-0.2, 0) is 19.5 Å². The number of esters is 1. The first kappa shape index (κ1) is 30.0. The van der Waals surface area contributed by atoms with E-state index in [0.29, 0.717) is 13.2 Å². The summed E-state index contributed by atoms with van der Waals surface area (Å²) in [5.41, 5.74) is 4.33. The van der Waals surface area contributed by atoms with Gasteiger partial charge in [-0.05, 0) is 53.7 Å². The smallest absolute Gasteiger partial charge is 0.309 e. The Morgan fingerprint density at radius 2 is 1.35 bits per heavy atom. The van der Waals surface area contributed by atoms with E-state index in [1.807, 2.05) is 6.92 Å². The quantitative estimate of drug-likeness (QED) is 0.116. The first-order valence-corrected chi connectivity index (χ1v) is 17.4. The fourth-order valence-electron chi connectivity index (χ4n) is 5.53. The van der Waals surface area contributed by atoms with Crippen LogP contribution in [0.5, 0.6) is 0 Å². The minimum absolute atomic E-state index is 0.0217. The van der Waals surface area contributed by atoms with Crippen molar-refractivity contribution < 1.29 is 14.0 Å². The van der Waals surface area contributed by atoms with Crippen molar-refractivity contribution in [2.75, 3.05) is 19.7 Å². The Labute approximate surface area is 242 Å². The van der Waals surface area contributed by atoms with Crippen LogP contribution in [0.25, 0.3) is 0 Å². The molecule has 4 rings (SSSR count). The molecule has 1 atom stereocenters. The molecule has 1 fully saturated rings. The molecule has 4 nitrogen and oxygen atoms in total. The molecule has 0 aromatic heterocycles. The molecule has 0 N–H and O–H groups in total. The van der Waals surface area contributed by atoms with Crippen molar-refractivity contribution in [1.29, 1.82) is 0 Å². The summed E-state index contributed by atoms with van der Waals surface area (Å²) in [7, 11) is -2.04. The second kappa shape index (κ2) is 12.7. The maximum Gasteiger partial charge on any atom is 0.309 e. The highest BCUT2D eigenvalue weighted by molar-refractivity contribution is 6.74. The highest BCUT2D eigenvalue weighted by atomic mass is 28.4. The lowest BCUT2D eigenvalue weighted by molar-refractivity contribution is -0.142. The van der Waals surface area contributed by atoms with Gasteiger partial charge in [-0.25, -0.2) is 0 Å². The molecule has 0 radical (unpaired) electrons. The summed E-state index contributed by atoms with van der Waals surface area (Å²) in [4.78, 5) is 15.0. The van der Waals surface area contributed by atoms with E-state index in [9.17, 15) is 4.79 Å². The van der Waals surface area contributed by atoms with Crippen LogP contribution in [0.2, 0.25) is 18.1 Å². The number of likely N-dealkylation sites (tertiary alicyclic amines) is 1. The standard InChI is InChI=1S/C35H45NO3Si/c1-7-38-33(37)24-23-28-27-36(26-25-32(28)39-40(5,6)34(2,3)4)35(29-17-11-8-12-18-29,30-19-13-9-14-20-30)31-21-15-10-16-22-31/h8-23,32H,7,24-27H2,1-6H3. The van der Waals surface area contributed by atoms with Crippen molar-refractivity contribution >= 4 is 14.3 Å². The molecular weight excluding hydrogens is 510 g/mol. The molecular formula is C35H45NO3Si. The van der Waals surface area contributed by atoms with Crippen molar-refractivity contribution in [3.63, 3.8) is 0 Å². The molecule has 1 aliphatic heterocycles. The van der Waals surface area contributed by atoms with Gasteiger partial charge >= 0.3 is 5.97 Å². The van der Waals surface area contributed by atoms with Gasteiger partial charge in [0.15, 0.2) is 8.32 Å². The highest BCUT2D eigenvalue weighted by Gasteiger charge is 2.46. The molecule has 0 bridgehead atoms. The van der Waals surface area contributed by atoms with Gasteiger partial charge < -0.3 is 9.16 Å². The third-order valence-corrected chi connectivity index (χ3v) is 13.1. The topological polar surface area (TPSA) is 38.8 Å². The van der Waals surface area contributed by atoms with Gasteiger partial charge in [-0.3, -0.25) is 9.69 Å². The normalized spacial score (nSPS) is 18.1. The van der Waals surface area contributed by atoms with E-state index in [4.69, 9.17) is 9.16 Å². The molecule has 3 aromatic rings. The summed E-state index contributed by atoms with van der Waals surface area (Å²) in [5, 5.41) is 0.0955. The Balaban J connectivity index is 1.84. The van der Waals surface area contributed by atoms with E-state index in [-0.39, 0.29) is 23.5 Å². The third kappa shape index (κ3) is 6.32.